The molecule has 0 aromatic rings. The van der Waals surface area contributed by atoms with E-state index in [2.05, 4.69) is 38.3 Å². The summed E-state index contributed by atoms with van der Waals surface area (Å²) in [6.45, 7) is 10.9. The molecule has 3 rings (SSSR count). The van der Waals surface area contributed by atoms with Crippen LogP contribution in [0, 0.1) is 11.8 Å². The van der Waals surface area contributed by atoms with Gasteiger partial charge >= 0.3 is 0 Å². The third-order valence-electron chi connectivity index (χ3n) is 5.33. The molecule has 120 valence electrons. The third-order valence-corrected chi connectivity index (χ3v) is 5.33. The number of hydrogen-bond acceptors (Lipinski definition) is 3. The third kappa shape index (κ3) is 3.11. The number of amides is 1. The number of carbonyl (C=O) groups is 1. The number of rotatable bonds is 0. The first-order chi connectivity index (χ1) is 9.74. The average Bonchev–Trinajstić information content (AvgIpc) is 3.11. The lowest BCUT2D eigenvalue weighted by atomic mass is 9.80. The van der Waals surface area contributed by atoms with E-state index in [4.69, 9.17) is 4.74 Å². The van der Waals surface area contributed by atoms with Gasteiger partial charge in [-0.2, -0.15) is 0 Å². The molecule has 2 saturated heterocycles. The van der Waals surface area contributed by atoms with Crippen molar-refractivity contribution >= 4 is 5.91 Å². The fraction of sp³-hybridized carbons (Fsp3) is 0.941. The van der Waals surface area contributed by atoms with E-state index >= 15 is 0 Å². The zero-order chi connectivity index (χ0) is 15.3. The first-order valence-electron chi connectivity index (χ1n) is 8.48. The van der Waals surface area contributed by atoms with Crippen LogP contribution in [0.15, 0.2) is 0 Å². The second kappa shape index (κ2) is 4.95. The van der Waals surface area contributed by atoms with Gasteiger partial charge in [-0.25, -0.2) is 0 Å². The van der Waals surface area contributed by atoms with Gasteiger partial charge in [0, 0.05) is 12.1 Å². The highest BCUT2D eigenvalue weighted by molar-refractivity contribution is 5.88. The van der Waals surface area contributed by atoms with E-state index in [9.17, 15) is 4.79 Å². The number of nitrogens with one attached hydrogen (secondary N) is 2. The predicted octanol–water partition coefficient (Wildman–Crippen LogP) is 2.23. The monoisotopic (exact) mass is 294 g/mol. The summed E-state index contributed by atoms with van der Waals surface area (Å²) in [6.07, 6.45) is 5.01. The van der Waals surface area contributed by atoms with Gasteiger partial charge in [0.25, 0.3) is 5.91 Å². The molecule has 2 heterocycles. The van der Waals surface area contributed by atoms with E-state index in [1.54, 1.807) is 0 Å². The van der Waals surface area contributed by atoms with Crippen molar-refractivity contribution < 1.29 is 9.53 Å². The van der Waals surface area contributed by atoms with Gasteiger partial charge in [0.2, 0.25) is 0 Å². The minimum atomic E-state index is -0.477. The lowest BCUT2D eigenvalue weighted by Crippen LogP contribution is -2.59. The van der Waals surface area contributed by atoms with Crippen LogP contribution in [-0.4, -0.2) is 35.7 Å². The smallest absolute Gasteiger partial charge is 0.252 e. The van der Waals surface area contributed by atoms with Gasteiger partial charge in [0.05, 0.1) is 5.60 Å². The Hall–Kier alpha value is -0.610. The van der Waals surface area contributed by atoms with Crippen molar-refractivity contribution in [2.45, 2.75) is 76.5 Å². The van der Waals surface area contributed by atoms with E-state index in [1.807, 2.05) is 0 Å². The maximum Gasteiger partial charge on any atom is 0.252 e. The van der Waals surface area contributed by atoms with Crippen LogP contribution in [0.4, 0.5) is 0 Å². The number of morpholine rings is 1. The van der Waals surface area contributed by atoms with Crippen molar-refractivity contribution in [2.24, 2.45) is 11.8 Å². The highest BCUT2D eigenvalue weighted by atomic mass is 16.5. The van der Waals surface area contributed by atoms with Gasteiger partial charge in [0.15, 0.2) is 0 Å². The Morgan fingerprint density at radius 3 is 2.43 bits per heavy atom. The van der Waals surface area contributed by atoms with Crippen LogP contribution in [0.1, 0.15) is 59.8 Å². The van der Waals surface area contributed by atoms with Crippen LogP contribution >= 0.6 is 0 Å². The molecule has 2 aliphatic heterocycles. The zero-order valence-corrected chi connectivity index (χ0v) is 13.9. The highest BCUT2D eigenvalue weighted by Gasteiger charge is 2.59. The Morgan fingerprint density at radius 1 is 1.10 bits per heavy atom. The van der Waals surface area contributed by atoms with Crippen LogP contribution in [-0.2, 0) is 9.53 Å². The molecule has 3 fully saturated rings. The molecule has 0 aromatic heterocycles. The lowest BCUT2D eigenvalue weighted by molar-refractivity contribution is -0.176. The van der Waals surface area contributed by atoms with Gasteiger partial charge in [-0.1, -0.05) is 13.8 Å². The molecule has 0 aromatic carbocycles. The summed E-state index contributed by atoms with van der Waals surface area (Å²) < 4.78 is 6.49. The van der Waals surface area contributed by atoms with Gasteiger partial charge < -0.3 is 15.4 Å². The number of ether oxygens (including phenoxy) is 1. The zero-order valence-electron chi connectivity index (χ0n) is 13.9. The SMILES string of the molecule is CC1CNC(C)(C)CC(C)CC2(CNC(=O)C3(CC3)O2)C1. The summed E-state index contributed by atoms with van der Waals surface area (Å²) in [6, 6.07) is 0. The molecule has 2 spiro atoms. The molecule has 4 nitrogen and oxygen atoms in total. The standard InChI is InChI=1S/C17H30N2O2/c1-12-7-15(3,4)19-10-13(2)9-16(8-12)11-18-14(20)17(21-16)5-6-17/h12-13,19H,5-11H2,1-4H3,(H,18,20). The Morgan fingerprint density at radius 2 is 1.76 bits per heavy atom. The maximum atomic E-state index is 12.0. The molecule has 3 unspecified atom stereocenters. The van der Waals surface area contributed by atoms with E-state index in [0.29, 0.717) is 18.4 Å². The summed E-state index contributed by atoms with van der Waals surface area (Å²) in [5, 5.41) is 6.85. The van der Waals surface area contributed by atoms with Crippen LogP contribution in [0.2, 0.25) is 0 Å². The largest absolute Gasteiger partial charge is 0.357 e. The minimum Gasteiger partial charge on any atom is -0.357 e. The van der Waals surface area contributed by atoms with Crippen LogP contribution in [0.25, 0.3) is 0 Å². The average molecular weight is 294 g/mol. The fourth-order valence-electron chi connectivity index (χ4n) is 4.46. The van der Waals surface area contributed by atoms with Crippen molar-refractivity contribution in [1.29, 1.82) is 0 Å². The number of hydrogen-bond donors (Lipinski definition) is 2. The lowest BCUT2D eigenvalue weighted by Gasteiger charge is -2.44. The second-order valence-electron chi connectivity index (χ2n) is 8.55. The quantitative estimate of drug-likeness (QED) is 0.720. The van der Waals surface area contributed by atoms with Crippen molar-refractivity contribution in [3.05, 3.63) is 0 Å². The van der Waals surface area contributed by atoms with Crippen molar-refractivity contribution in [3.63, 3.8) is 0 Å². The Kier molecular flexibility index (Phi) is 3.61. The molecule has 3 aliphatic rings. The summed E-state index contributed by atoms with van der Waals surface area (Å²) in [5.74, 6) is 1.26. The highest BCUT2D eigenvalue weighted by Crippen LogP contribution is 2.48. The minimum absolute atomic E-state index is 0.117. The van der Waals surface area contributed by atoms with Crippen LogP contribution < -0.4 is 10.6 Å². The molecule has 0 bridgehead atoms. The molecule has 1 amide bonds. The summed E-state index contributed by atoms with van der Waals surface area (Å²) in [4.78, 5) is 12.0. The first-order valence-corrected chi connectivity index (χ1v) is 8.48. The molecule has 2 N–H and O–H groups in total. The maximum absolute atomic E-state index is 12.0. The van der Waals surface area contributed by atoms with Crippen LogP contribution in [0.5, 0.6) is 0 Å². The Balaban J connectivity index is 1.81. The topological polar surface area (TPSA) is 50.4 Å². The Bertz CT molecular complexity index is 431. The molecule has 3 atom stereocenters. The van der Waals surface area contributed by atoms with E-state index in [0.717, 1.165) is 38.6 Å². The molecular weight excluding hydrogens is 264 g/mol. The number of carbonyl (C=O) groups excluding carboxylic acids is 1. The summed E-state index contributed by atoms with van der Waals surface area (Å²) in [7, 11) is 0. The van der Waals surface area contributed by atoms with Gasteiger partial charge in [-0.05, 0) is 64.3 Å². The van der Waals surface area contributed by atoms with Crippen LogP contribution in [0.3, 0.4) is 0 Å². The van der Waals surface area contributed by atoms with Crippen molar-refractivity contribution in [3.8, 4) is 0 Å². The van der Waals surface area contributed by atoms with Crippen molar-refractivity contribution in [2.75, 3.05) is 13.1 Å². The Labute approximate surface area is 128 Å². The predicted molar refractivity (Wildman–Crippen MR) is 83.1 cm³/mol. The first kappa shape index (κ1) is 15.3. The summed E-state index contributed by atoms with van der Waals surface area (Å²) >= 11 is 0. The molecule has 21 heavy (non-hydrogen) atoms. The molecule has 0 radical (unpaired) electrons. The molecule has 1 saturated carbocycles. The normalized spacial score (nSPS) is 42.0. The second-order valence-corrected chi connectivity index (χ2v) is 8.55. The molecule has 1 aliphatic carbocycles. The van der Waals surface area contributed by atoms with Gasteiger partial charge in [-0.15, -0.1) is 0 Å². The summed E-state index contributed by atoms with van der Waals surface area (Å²) in [5.41, 5.74) is -0.464. The molecular formula is C17H30N2O2. The van der Waals surface area contributed by atoms with Gasteiger partial charge in [-0.3, -0.25) is 4.79 Å². The molecule has 4 heteroatoms. The van der Waals surface area contributed by atoms with E-state index < -0.39 is 5.60 Å². The van der Waals surface area contributed by atoms with E-state index in [1.165, 1.54) is 0 Å². The fourth-order valence-corrected chi connectivity index (χ4v) is 4.46. The van der Waals surface area contributed by atoms with Gasteiger partial charge in [0.1, 0.15) is 5.60 Å². The van der Waals surface area contributed by atoms with E-state index in [-0.39, 0.29) is 17.0 Å². The van der Waals surface area contributed by atoms with Crippen molar-refractivity contribution in [1.82, 2.24) is 10.6 Å².